The van der Waals surface area contributed by atoms with E-state index in [-0.39, 0.29) is 12.0 Å². The van der Waals surface area contributed by atoms with Crippen molar-refractivity contribution >= 4 is 0 Å². The number of aromatic nitrogens is 2. The van der Waals surface area contributed by atoms with Gasteiger partial charge in [0.25, 0.3) is 0 Å². The van der Waals surface area contributed by atoms with Crippen LogP contribution in [0.1, 0.15) is 44.9 Å². The van der Waals surface area contributed by atoms with Gasteiger partial charge in [0.2, 0.25) is 5.88 Å². The summed E-state index contributed by atoms with van der Waals surface area (Å²) in [6.45, 7) is 7.63. The van der Waals surface area contributed by atoms with E-state index in [1.54, 1.807) is 7.11 Å². The van der Waals surface area contributed by atoms with Gasteiger partial charge in [-0.15, -0.1) is 0 Å². The van der Waals surface area contributed by atoms with Gasteiger partial charge in [0.15, 0.2) is 0 Å². The highest BCUT2D eigenvalue weighted by Gasteiger charge is 2.33. The van der Waals surface area contributed by atoms with Crippen LogP contribution < -0.4 is 9.47 Å². The molecule has 0 amide bonds. The summed E-state index contributed by atoms with van der Waals surface area (Å²) in [5.74, 6) is 2.47. The average Bonchev–Trinajstić information content (AvgIpc) is 3.63. The Hall–Kier alpha value is -2.83. The van der Waals surface area contributed by atoms with Crippen LogP contribution in [0.15, 0.2) is 54.6 Å². The minimum Gasteiger partial charge on any atom is -0.497 e. The van der Waals surface area contributed by atoms with Crippen LogP contribution in [0.25, 0.3) is 5.69 Å². The summed E-state index contributed by atoms with van der Waals surface area (Å²) in [6.07, 6.45) is 2.80. The molecule has 1 N–H and O–H groups in total. The molecule has 33 heavy (non-hydrogen) atoms. The number of benzene rings is 2. The smallest absolute Gasteiger partial charge is 0.227 e. The van der Waals surface area contributed by atoms with Crippen LogP contribution in [0.2, 0.25) is 0 Å². The Bertz CT molecular complexity index is 1030. The summed E-state index contributed by atoms with van der Waals surface area (Å²) in [5, 5.41) is 15.6. The van der Waals surface area contributed by atoms with Gasteiger partial charge >= 0.3 is 0 Å². The molecule has 1 heterocycles. The molecule has 0 saturated heterocycles. The van der Waals surface area contributed by atoms with E-state index in [2.05, 4.69) is 25.7 Å². The number of rotatable bonds is 11. The van der Waals surface area contributed by atoms with Crippen molar-refractivity contribution in [2.75, 3.05) is 13.7 Å². The molecule has 0 radical (unpaired) electrons. The van der Waals surface area contributed by atoms with E-state index in [0.29, 0.717) is 19.1 Å². The van der Waals surface area contributed by atoms with Gasteiger partial charge in [0, 0.05) is 19.1 Å². The lowest BCUT2D eigenvalue weighted by Crippen LogP contribution is -2.36. The monoisotopic (exact) mass is 449 g/mol. The maximum Gasteiger partial charge on any atom is 0.227 e. The normalized spacial score (nSPS) is 14.6. The van der Waals surface area contributed by atoms with Crippen molar-refractivity contribution in [3.05, 3.63) is 65.9 Å². The Morgan fingerprint density at radius 2 is 1.73 bits per heavy atom. The fraction of sp³-hybridized carbons (Fsp3) is 0.444. The highest BCUT2D eigenvalue weighted by atomic mass is 16.5. The molecule has 4 rings (SSSR count). The fourth-order valence-electron chi connectivity index (χ4n) is 3.96. The highest BCUT2D eigenvalue weighted by molar-refractivity contribution is 5.44. The third-order valence-corrected chi connectivity index (χ3v) is 6.24. The second-order valence-corrected chi connectivity index (χ2v) is 9.08. The summed E-state index contributed by atoms with van der Waals surface area (Å²) >= 11 is 0. The maximum atomic E-state index is 10.6. The Balaban J connectivity index is 1.73. The van der Waals surface area contributed by atoms with Crippen molar-refractivity contribution in [3.63, 3.8) is 0 Å². The van der Waals surface area contributed by atoms with E-state index in [9.17, 15) is 5.11 Å². The first-order valence-electron chi connectivity index (χ1n) is 11.9. The molecule has 1 aliphatic rings. The SMILES string of the molecule is CCc1nn(-c2ccccc2)c(Oc2ccc(OC)cc2)c1CN(CC(O)C(C)C)C1CC1. The first kappa shape index (κ1) is 23.3. The van der Waals surface area contributed by atoms with E-state index in [1.807, 2.05) is 59.3 Å². The van der Waals surface area contributed by atoms with Crippen LogP contribution in [0.3, 0.4) is 0 Å². The molecule has 1 aliphatic carbocycles. The first-order chi connectivity index (χ1) is 16.0. The molecule has 6 nitrogen and oxygen atoms in total. The lowest BCUT2D eigenvalue weighted by Gasteiger charge is -2.27. The standard InChI is InChI=1S/C27H35N3O3/c1-5-25-24(17-29(20-11-12-20)18-26(31)19(2)3)27(30(28-25)21-9-7-6-8-10-21)33-23-15-13-22(32-4)14-16-23/h6-10,13-16,19-20,26,31H,5,11-12,17-18H2,1-4H3. The lowest BCUT2D eigenvalue weighted by atomic mass is 10.1. The van der Waals surface area contributed by atoms with Crippen LogP contribution in [-0.2, 0) is 13.0 Å². The molecule has 1 fully saturated rings. The lowest BCUT2D eigenvalue weighted by molar-refractivity contribution is 0.0693. The van der Waals surface area contributed by atoms with E-state index >= 15 is 0 Å². The molecule has 0 bridgehead atoms. The summed E-state index contributed by atoms with van der Waals surface area (Å²) < 4.78 is 13.7. The van der Waals surface area contributed by atoms with Crippen molar-refractivity contribution in [1.29, 1.82) is 0 Å². The molecular formula is C27H35N3O3. The predicted molar refractivity (Wildman–Crippen MR) is 130 cm³/mol. The van der Waals surface area contributed by atoms with Crippen LogP contribution in [0, 0.1) is 5.92 Å². The van der Waals surface area contributed by atoms with Gasteiger partial charge in [-0.3, -0.25) is 4.90 Å². The number of para-hydroxylation sites is 1. The van der Waals surface area contributed by atoms with Gasteiger partial charge in [0.1, 0.15) is 11.5 Å². The molecule has 1 saturated carbocycles. The number of nitrogens with zero attached hydrogens (tertiary/aromatic N) is 3. The van der Waals surface area contributed by atoms with E-state index in [1.165, 1.54) is 12.8 Å². The highest BCUT2D eigenvalue weighted by Crippen LogP contribution is 2.36. The molecule has 0 spiro atoms. The molecule has 6 heteroatoms. The Labute approximate surface area is 196 Å². The average molecular weight is 450 g/mol. The zero-order chi connectivity index (χ0) is 23.4. The van der Waals surface area contributed by atoms with Crippen LogP contribution >= 0.6 is 0 Å². The van der Waals surface area contributed by atoms with Crippen molar-refractivity contribution in [3.8, 4) is 23.1 Å². The van der Waals surface area contributed by atoms with Crippen molar-refractivity contribution < 1.29 is 14.6 Å². The zero-order valence-electron chi connectivity index (χ0n) is 20.1. The van der Waals surface area contributed by atoms with Crippen LogP contribution in [0.5, 0.6) is 17.4 Å². The number of aliphatic hydroxyl groups is 1. The van der Waals surface area contributed by atoms with Gasteiger partial charge in [-0.1, -0.05) is 39.0 Å². The Kier molecular flexibility index (Phi) is 7.36. The van der Waals surface area contributed by atoms with Gasteiger partial charge in [-0.25, -0.2) is 4.68 Å². The second kappa shape index (κ2) is 10.4. The number of aliphatic hydroxyl groups excluding tert-OH is 1. The van der Waals surface area contributed by atoms with Gasteiger partial charge < -0.3 is 14.6 Å². The molecule has 3 aromatic rings. The number of aryl methyl sites for hydroxylation is 1. The largest absolute Gasteiger partial charge is 0.497 e. The molecule has 1 unspecified atom stereocenters. The van der Waals surface area contributed by atoms with E-state index in [0.717, 1.165) is 40.7 Å². The quantitative estimate of drug-likeness (QED) is 0.435. The molecule has 176 valence electrons. The molecule has 2 aromatic carbocycles. The van der Waals surface area contributed by atoms with E-state index < -0.39 is 0 Å². The topological polar surface area (TPSA) is 59.8 Å². The number of methoxy groups -OCH3 is 1. The molecule has 1 atom stereocenters. The Morgan fingerprint density at radius 3 is 2.30 bits per heavy atom. The van der Waals surface area contributed by atoms with Crippen LogP contribution in [0.4, 0.5) is 0 Å². The second-order valence-electron chi connectivity index (χ2n) is 9.08. The minimum absolute atomic E-state index is 0.221. The Morgan fingerprint density at radius 1 is 1.06 bits per heavy atom. The number of hydrogen-bond acceptors (Lipinski definition) is 5. The summed E-state index contributed by atoms with van der Waals surface area (Å²) in [4.78, 5) is 2.40. The first-order valence-corrected chi connectivity index (χ1v) is 11.9. The van der Waals surface area contributed by atoms with E-state index in [4.69, 9.17) is 14.6 Å². The molecule has 0 aliphatic heterocycles. The number of ether oxygens (including phenoxy) is 2. The zero-order valence-corrected chi connectivity index (χ0v) is 20.1. The third kappa shape index (κ3) is 5.57. The predicted octanol–water partition coefficient (Wildman–Crippen LogP) is 5.22. The maximum absolute atomic E-state index is 10.6. The number of hydrogen-bond donors (Lipinski definition) is 1. The fourth-order valence-corrected chi connectivity index (χ4v) is 3.96. The van der Waals surface area contributed by atoms with Crippen molar-refractivity contribution in [1.82, 2.24) is 14.7 Å². The summed E-state index contributed by atoms with van der Waals surface area (Å²) in [7, 11) is 1.66. The van der Waals surface area contributed by atoms with Gasteiger partial charge in [-0.2, -0.15) is 5.10 Å². The van der Waals surface area contributed by atoms with Gasteiger partial charge in [-0.05, 0) is 61.6 Å². The van der Waals surface area contributed by atoms with Gasteiger partial charge in [0.05, 0.1) is 30.2 Å². The summed E-state index contributed by atoms with van der Waals surface area (Å²) in [6, 6.07) is 18.2. The van der Waals surface area contributed by atoms with Crippen molar-refractivity contribution in [2.45, 2.75) is 58.7 Å². The van der Waals surface area contributed by atoms with Crippen LogP contribution in [-0.4, -0.2) is 45.6 Å². The summed E-state index contributed by atoms with van der Waals surface area (Å²) in [5.41, 5.74) is 3.06. The van der Waals surface area contributed by atoms with Crippen molar-refractivity contribution in [2.24, 2.45) is 5.92 Å². The molecule has 1 aromatic heterocycles. The minimum atomic E-state index is -0.356. The third-order valence-electron chi connectivity index (χ3n) is 6.24. The molecular weight excluding hydrogens is 414 g/mol.